The van der Waals surface area contributed by atoms with E-state index in [-0.39, 0.29) is 18.2 Å². The van der Waals surface area contributed by atoms with E-state index in [1.165, 1.54) is 4.57 Å². The minimum Gasteiger partial charge on any atom is -0.452 e. The first-order chi connectivity index (χ1) is 11.5. The van der Waals surface area contributed by atoms with Gasteiger partial charge in [-0.15, -0.1) is 0 Å². The number of nitrogens with zero attached hydrogens (tertiary/aromatic N) is 1. The standard InChI is InChI=1S/C17H21N3O4/c1-3-4-9-18-15(21)11-24-16(22)13-5-7-14(8-6-13)20-12(2)10-19-17(20)23/h5-8,10H,3-4,9,11H2,1-2H3,(H,18,21)(H,19,23). The normalized spacial score (nSPS) is 10.4. The molecule has 0 aliphatic carbocycles. The van der Waals surface area contributed by atoms with Crippen LogP contribution in [0.25, 0.3) is 5.69 Å². The molecule has 2 N–H and O–H groups in total. The number of hydrogen-bond acceptors (Lipinski definition) is 4. The predicted octanol–water partition coefficient (Wildman–Crippen LogP) is 1.55. The topological polar surface area (TPSA) is 93.2 Å². The van der Waals surface area contributed by atoms with Crippen molar-refractivity contribution in [3.8, 4) is 5.69 Å². The number of amides is 1. The van der Waals surface area contributed by atoms with Crippen LogP contribution >= 0.6 is 0 Å². The summed E-state index contributed by atoms with van der Waals surface area (Å²) in [5.41, 5.74) is 1.49. The molecule has 0 spiro atoms. The summed E-state index contributed by atoms with van der Waals surface area (Å²) in [6.45, 7) is 4.10. The van der Waals surface area contributed by atoms with Gasteiger partial charge in [0.25, 0.3) is 5.91 Å². The van der Waals surface area contributed by atoms with Crippen molar-refractivity contribution in [2.24, 2.45) is 0 Å². The second kappa shape index (κ2) is 8.14. The van der Waals surface area contributed by atoms with Crippen LogP contribution in [0.15, 0.2) is 35.3 Å². The van der Waals surface area contributed by atoms with Crippen LogP contribution in [0, 0.1) is 6.92 Å². The summed E-state index contributed by atoms with van der Waals surface area (Å²) in [7, 11) is 0. The summed E-state index contributed by atoms with van der Waals surface area (Å²) >= 11 is 0. The van der Waals surface area contributed by atoms with Crippen LogP contribution in [0.2, 0.25) is 0 Å². The number of hydrogen-bond donors (Lipinski definition) is 2. The van der Waals surface area contributed by atoms with E-state index in [4.69, 9.17) is 4.74 Å². The van der Waals surface area contributed by atoms with Gasteiger partial charge in [-0.05, 0) is 37.6 Å². The molecule has 0 fully saturated rings. The van der Waals surface area contributed by atoms with Gasteiger partial charge in [0.15, 0.2) is 6.61 Å². The van der Waals surface area contributed by atoms with Crippen molar-refractivity contribution in [1.82, 2.24) is 14.9 Å². The number of ether oxygens (including phenoxy) is 1. The smallest absolute Gasteiger partial charge is 0.338 e. The highest BCUT2D eigenvalue weighted by Gasteiger charge is 2.11. The number of rotatable bonds is 7. The Balaban J connectivity index is 1.94. The summed E-state index contributed by atoms with van der Waals surface area (Å²) in [6, 6.07) is 6.43. The molecule has 0 aliphatic rings. The first-order valence-electron chi connectivity index (χ1n) is 7.84. The van der Waals surface area contributed by atoms with Gasteiger partial charge in [0.2, 0.25) is 0 Å². The fourth-order valence-electron chi connectivity index (χ4n) is 2.19. The minimum atomic E-state index is -0.578. The summed E-state index contributed by atoms with van der Waals surface area (Å²) in [6.07, 6.45) is 3.48. The van der Waals surface area contributed by atoms with Crippen LogP contribution < -0.4 is 11.0 Å². The molecule has 0 saturated heterocycles. The molecule has 7 nitrogen and oxygen atoms in total. The van der Waals surface area contributed by atoms with Gasteiger partial charge in [-0.25, -0.2) is 9.59 Å². The van der Waals surface area contributed by atoms with Crippen molar-refractivity contribution in [3.05, 3.63) is 52.2 Å². The molecule has 1 heterocycles. The lowest BCUT2D eigenvalue weighted by molar-refractivity contribution is -0.124. The maximum Gasteiger partial charge on any atom is 0.338 e. The Labute approximate surface area is 139 Å². The van der Waals surface area contributed by atoms with E-state index in [1.54, 1.807) is 37.4 Å². The molecule has 0 atom stereocenters. The van der Waals surface area contributed by atoms with Gasteiger partial charge >= 0.3 is 11.7 Å². The predicted molar refractivity (Wildman–Crippen MR) is 89.3 cm³/mol. The number of benzene rings is 1. The van der Waals surface area contributed by atoms with E-state index >= 15 is 0 Å². The van der Waals surface area contributed by atoms with E-state index in [0.717, 1.165) is 18.5 Å². The van der Waals surface area contributed by atoms with Crippen molar-refractivity contribution in [3.63, 3.8) is 0 Å². The van der Waals surface area contributed by atoms with Gasteiger partial charge in [-0.3, -0.25) is 9.36 Å². The number of nitrogens with one attached hydrogen (secondary N) is 2. The van der Waals surface area contributed by atoms with Crippen molar-refractivity contribution in [1.29, 1.82) is 0 Å². The molecule has 2 aromatic rings. The van der Waals surface area contributed by atoms with Crippen LogP contribution in [0.4, 0.5) is 0 Å². The number of aryl methyl sites for hydroxylation is 1. The van der Waals surface area contributed by atoms with Crippen LogP contribution in [-0.2, 0) is 9.53 Å². The van der Waals surface area contributed by atoms with Gasteiger partial charge in [-0.1, -0.05) is 13.3 Å². The average Bonchev–Trinajstić information content (AvgIpc) is 2.92. The molecule has 1 aromatic carbocycles. The number of imidazole rings is 1. The number of unbranched alkanes of at least 4 members (excludes halogenated alkanes) is 1. The lowest BCUT2D eigenvalue weighted by Crippen LogP contribution is -2.29. The quantitative estimate of drug-likeness (QED) is 0.594. The summed E-state index contributed by atoms with van der Waals surface area (Å²) in [5.74, 6) is -0.895. The third-order valence-electron chi connectivity index (χ3n) is 3.51. The Morgan fingerprint density at radius 2 is 1.96 bits per heavy atom. The monoisotopic (exact) mass is 331 g/mol. The number of H-pyrrole nitrogens is 1. The highest BCUT2D eigenvalue weighted by molar-refractivity contribution is 5.91. The molecule has 0 unspecified atom stereocenters. The fraction of sp³-hybridized carbons (Fsp3) is 0.353. The van der Waals surface area contributed by atoms with Gasteiger partial charge < -0.3 is 15.0 Å². The van der Waals surface area contributed by atoms with E-state index in [9.17, 15) is 14.4 Å². The van der Waals surface area contributed by atoms with Crippen LogP contribution in [-0.4, -0.2) is 34.6 Å². The zero-order valence-electron chi connectivity index (χ0n) is 13.8. The molecule has 128 valence electrons. The molecule has 0 bridgehead atoms. The summed E-state index contributed by atoms with van der Waals surface area (Å²) < 4.78 is 6.47. The Morgan fingerprint density at radius 1 is 1.25 bits per heavy atom. The molecule has 0 aliphatic heterocycles. The van der Waals surface area contributed by atoms with Crippen LogP contribution in [0.5, 0.6) is 0 Å². The third kappa shape index (κ3) is 4.34. The Hall–Kier alpha value is -2.83. The Kier molecular flexibility index (Phi) is 5.95. The zero-order valence-corrected chi connectivity index (χ0v) is 13.8. The van der Waals surface area contributed by atoms with Gasteiger partial charge in [-0.2, -0.15) is 0 Å². The van der Waals surface area contributed by atoms with E-state index < -0.39 is 5.97 Å². The fourth-order valence-corrected chi connectivity index (χ4v) is 2.19. The van der Waals surface area contributed by atoms with E-state index in [1.807, 2.05) is 6.92 Å². The lowest BCUT2D eigenvalue weighted by atomic mass is 10.2. The molecule has 2 rings (SSSR count). The zero-order chi connectivity index (χ0) is 17.5. The third-order valence-corrected chi connectivity index (χ3v) is 3.51. The second-order valence-corrected chi connectivity index (χ2v) is 5.40. The first kappa shape index (κ1) is 17.5. The number of carbonyl (C=O) groups excluding carboxylic acids is 2. The van der Waals surface area contributed by atoms with Gasteiger partial charge in [0.1, 0.15) is 0 Å². The van der Waals surface area contributed by atoms with Crippen molar-refractivity contribution >= 4 is 11.9 Å². The maximum atomic E-state index is 11.9. The van der Waals surface area contributed by atoms with Gasteiger partial charge in [0.05, 0.1) is 11.3 Å². The molecule has 1 aromatic heterocycles. The largest absolute Gasteiger partial charge is 0.452 e. The van der Waals surface area contributed by atoms with Gasteiger partial charge in [0, 0.05) is 18.4 Å². The molecular weight excluding hydrogens is 310 g/mol. The van der Waals surface area contributed by atoms with Crippen molar-refractivity contribution in [2.45, 2.75) is 26.7 Å². The van der Waals surface area contributed by atoms with Crippen LogP contribution in [0.1, 0.15) is 35.8 Å². The maximum absolute atomic E-state index is 11.9. The van der Waals surface area contributed by atoms with Crippen molar-refractivity contribution < 1.29 is 14.3 Å². The molecular formula is C17H21N3O4. The van der Waals surface area contributed by atoms with E-state index in [0.29, 0.717) is 17.8 Å². The SMILES string of the molecule is CCCCNC(=O)COC(=O)c1ccc(-n2c(C)c[nH]c2=O)cc1. The molecule has 0 radical (unpaired) electrons. The molecule has 0 saturated carbocycles. The highest BCUT2D eigenvalue weighted by atomic mass is 16.5. The minimum absolute atomic E-state index is 0.244. The number of esters is 1. The van der Waals surface area contributed by atoms with Crippen LogP contribution in [0.3, 0.4) is 0 Å². The van der Waals surface area contributed by atoms with E-state index in [2.05, 4.69) is 10.3 Å². The number of aromatic nitrogens is 2. The molecule has 1 amide bonds. The first-order valence-corrected chi connectivity index (χ1v) is 7.84. The highest BCUT2D eigenvalue weighted by Crippen LogP contribution is 2.10. The summed E-state index contributed by atoms with van der Waals surface area (Å²) in [4.78, 5) is 37.8. The second-order valence-electron chi connectivity index (χ2n) is 5.40. The molecule has 24 heavy (non-hydrogen) atoms. The lowest BCUT2D eigenvalue weighted by Gasteiger charge is -2.07. The number of carbonyl (C=O) groups is 2. The molecule has 7 heteroatoms. The average molecular weight is 331 g/mol. The number of aromatic amines is 1. The van der Waals surface area contributed by atoms with Crippen molar-refractivity contribution in [2.75, 3.05) is 13.2 Å². The summed E-state index contributed by atoms with van der Waals surface area (Å²) in [5, 5.41) is 2.67. The Morgan fingerprint density at radius 3 is 2.54 bits per heavy atom. The Bertz CT molecular complexity index is 759.